The van der Waals surface area contributed by atoms with Gasteiger partial charge in [-0.3, -0.25) is 4.79 Å². The maximum atomic E-state index is 12.7. The molecule has 24 heavy (non-hydrogen) atoms. The highest BCUT2D eigenvalue weighted by Crippen LogP contribution is 2.20. The van der Waals surface area contributed by atoms with Crippen LogP contribution in [0, 0.1) is 12.7 Å². The van der Waals surface area contributed by atoms with Gasteiger partial charge in [-0.2, -0.15) is 0 Å². The molecule has 2 aromatic carbocycles. The Bertz CT molecular complexity index is 734. The molecule has 0 radical (unpaired) electrons. The summed E-state index contributed by atoms with van der Waals surface area (Å²) in [5.41, 5.74) is 1.63. The first-order chi connectivity index (χ1) is 11.4. The Labute approximate surface area is 146 Å². The van der Waals surface area contributed by atoms with E-state index in [1.807, 2.05) is 13.0 Å². The van der Waals surface area contributed by atoms with Gasteiger partial charge in [-0.1, -0.05) is 22.0 Å². The largest absolute Gasteiger partial charge is 0.482 e. The number of hydrogen-bond acceptors (Lipinski definition) is 4. The first-order valence-corrected chi connectivity index (χ1v) is 7.83. The monoisotopic (exact) mass is 395 g/mol. The lowest BCUT2D eigenvalue weighted by molar-refractivity contribution is -0.149. The molecule has 0 aromatic heterocycles. The van der Waals surface area contributed by atoms with Gasteiger partial charge >= 0.3 is 5.97 Å². The van der Waals surface area contributed by atoms with Crippen molar-refractivity contribution in [3.8, 4) is 5.75 Å². The lowest BCUT2D eigenvalue weighted by atomic mass is 10.2. The quantitative estimate of drug-likeness (QED) is 0.760. The van der Waals surface area contributed by atoms with Crippen molar-refractivity contribution in [2.24, 2.45) is 0 Å². The molecule has 0 aliphatic carbocycles. The number of halogens is 2. The normalized spacial score (nSPS) is 10.1. The minimum Gasteiger partial charge on any atom is -0.482 e. The summed E-state index contributed by atoms with van der Waals surface area (Å²) in [7, 11) is 0. The summed E-state index contributed by atoms with van der Waals surface area (Å²) in [6, 6.07) is 10.6. The second kappa shape index (κ2) is 8.44. The van der Waals surface area contributed by atoms with Crippen LogP contribution >= 0.6 is 15.9 Å². The van der Waals surface area contributed by atoms with E-state index in [0.29, 0.717) is 11.4 Å². The van der Waals surface area contributed by atoms with Gasteiger partial charge in [-0.15, -0.1) is 0 Å². The minimum absolute atomic E-state index is 0.335. The summed E-state index contributed by atoms with van der Waals surface area (Å²) in [5.74, 6) is -1.22. The highest BCUT2D eigenvalue weighted by molar-refractivity contribution is 9.10. The number of benzene rings is 2. The molecular formula is C17H15BrFNO4. The lowest BCUT2D eigenvalue weighted by Crippen LogP contribution is -2.23. The second-order valence-corrected chi connectivity index (χ2v) is 5.77. The smallest absolute Gasteiger partial charge is 0.344 e. The molecule has 0 spiro atoms. The molecule has 0 atom stereocenters. The number of hydrogen-bond donors (Lipinski definition) is 1. The standard InChI is InChI=1S/C17H15BrFNO4/c1-11-2-5-13(8-15(11)18)20-16(21)9-24-17(22)10-23-14-6-3-12(19)4-7-14/h2-8H,9-10H2,1H3,(H,20,21). The summed E-state index contributed by atoms with van der Waals surface area (Å²) in [6.07, 6.45) is 0. The summed E-state index contributed by atoms with van der Waals surface area (Å²) in [6.45, 7) is 1.14. The fourth-order valence-corrected chi connectivity index (χ4v) is 2.11. The number of carbonyl (C=O) groups excluding carboxylic acids is 2. The fourth-order valence-electron chi connectivity index (χ4n) is 1.73. The Kier molecular flexibility index (Phi) is 6.31. The molecule has 1 N–H and O–H groups in total. The van der Waals surface area contributed by atoms with Gasteiger partial charge < -0.3 is 14.8 Å². The predicted molar refractivity (Wildman–Crippen MR) is 90.4 cm³/mol. The molecule has 126 valence electrons. The average molecular weight is 396 g/mol. The number of nitrogens with one attached hydrogen (secondary N) is 1. The molecule has 2 aromatic rings. The summed E-state index contributed by atoms with van der Waals surface area (Å²) < 4.78 is 23.5. The number of carbonyl (C=O) groups is 2. The number of rotatable bonds is 6. The van der Waals surface area contributed by atoms with Gasteiger partial charge in [0.25, 0.3) is 5.91 Å². The van der Waals surface area contributed by atoms with E-state index >= 15 is 0 Å². The van der Waals surface area contributed by atoms with E-state index < -0.39 is 24.3 Å². The summed E-state index contributed by atoms with van der Waals surface area (Å²) in [4.78, 5) is 23.3. The van der Waals surface area contributed by atoms with Crippen molar-refractivity contribution in [1.82, 2.24) is 0 Å². The van der Waals surface area contributed by atoms with Crippen molar-refractivity contribution >= 4 is 33.5 Å². The number of esters is 1. The Balaban J connectivity index is 1.73. The zero-order valence-corrected chi connectivity index (χ0v) is 14.4. The number of amides is 1. The van der Waals surface area contributed by atoms with Crippen LogP contribution in [0.15, 0.2) is 46.9 Å². The molecule has 2 rings (SSSR count). The Hall–Kier alpha value is -2.41. The van der Waals surface area contributed by atoms with Crippen LogP contribution in [0.4, 0.5) is 10.1 Å². The average Bonchev–Trinajstić information content (AvgIpc) is 2.56. The second-order valence-electron chi connectivity index (χ2n) is 4.92. The van der Waals surface area contributed by atoms with E-state index in [1.165, 1.54) is 24.3 Å². The van der Waals surface area contributed by atoms with E-state index in [-0.39, 0.29) is 6.61 Å². The van der Waals surface area contributed by atoms with Crippen LogP contribution in [0.2, 0.25) is 0 Å². The number of aryl methyl sites for hydroxylation is 1. The van der Waals surface area contributed by atoms with Gasteiger partial charge in [0, 0.05) is 10.2 Å². The van der Waals surface area contributed by atoms with Gasteiger partial charge in [0.05, 0.1) is 0 Å². The van der Waals surface area contributed by atoms with Crippen molar-refractivity contribution in [3.05, 3.63) is 58.3 Å². The lowest BCUT2D eigenvalue weighted by Gasteiger charge is -2.08. The summed E-state index contributed by atoms with van der Waals surface area (Å²) >= 11 is 3.37. The first-order valence-electron chi connectivity index (χ1n) is 7.04. The molecule has 0 unspecified atom stereocenters. The van der Waals surface area contributed by atoms with Crippen molar-refractivity contribution in [1.29, 1.82) is 0 Å². The zero-order chi connectivity index (χ0) is 17.5. The van der Waals surface area contributed by atoms with Crippen LogP contribution in [0.25, 0.3) is 0 Å². The van der Waals surface area contributed by atoms with Crippen LogP contribution in [0.1, 0.15) is 5.56 Å². The van der Waals surface area contributed by atoms with E-state index in [0.717, 1.165) is 10.0 Å². The molecule has 0 heterocycles. The van der Waals surface area contributed by atoms with Crippen molar-refractivity contribution in [2.75, 3.05) is 18.5 Å². The van der Waals surface area contributed by atoms with Gasteiger partial charge in [-0.05, 0) is 48.9 Å². The molecule has 0 bridgehead atoms. The minimum atomic E-state index is -0.695. The van der Waals surface area contributed by atoms with Crippen molar-refractivity contribution in [2.45, 2.75) is 6.92 Å². The van der Waals surface area contributed by atoms with Crippen LogP contribution in [-0.4, -0.2) is 25.1 Å². The maximum absolute atomic E-state index is 12.7. The Morgan fingerprint density at radius 3 is 2.50 bits per heavy atom. The van der Waals surface area contributed by atoms with Crippen LogP contribution in [-0.2, 0) is 14.3 Å². The van der Waals surface area contributed by atoms with Gasteiger partial charge in [0.2, 0.25) is 0 Å². The van der Waals surface area contributed by atoms with Crippen LogP contribution < -0.4 is 10.1 Å². The molecule has 0 aliphatic rings. The van der Waals surface area contributed by atoms with Crippen molar-refractivity contribution in [3.63, 3.8) is 0 Å². The topological polar surface area (TPSA) is 64.6 Å². The summed E-state index contributed by atoms with van der Waals surface area (Å²) in [5, 5.41) is 2.62. The first kappa shape index (κ1) is 17.9. The zero-order valence-electron chi connectivity index (χ0n) is 12.8. The molecule has 7 heteroatoms. The molecule has 0 saturated heterocycles. The number of anilines is 1. The Morgan fingerprint density at radius 2 is 1.83 bits per heavy atom. The molecule has 0 fully saturated rings. The van der Waals surface area contributed by atoms with E-state index in [1.54, 1.807) is 12.1 Å². The van der Waals surface area contributed by atoms with Gasteiger partial charge in [0.1, 0.15) is 11.6 Å². The van der Waals surface area contributed by atoms with E-state index in [2.05, 4.69) is 21.2 Å². The Morgan fingerprint density at radius 1 is 1.12 bits per heavy atom. The van der Waals surface area contributed by atoms with E-state index in [4.69, 9.17) is 9.47 Å². The predicted octanol–water partition coefficient (Wildman–Crippen LogP) is 3.46. The molecule has 1 amide bonds. The number of ether oxygens (including phenoxy) is 2. The van der Waals surface area contributed by atoms with E-state index in [9.17, 15) is 14.0 Å². The SMILES string of the molecule is Cc1ccc(NC(=O)COC(=O)COc2ccc(F)cc2)cc1Br. The van der Waals surface area contributed by atoms with Gasteiger partial charge in [0.15, 0.2) is 13.2 Å². The third-order valence-corrected chi connectivity index (χ3v) is 3.84. The van der Waals surface area contributed by atoms with Gasteiger partial charge in [-0.25, -0.2) is 9.18 Å². The highest BCUT2D eigenvalue weighted by atomic mass is 79.9. The fraction of sp³-hybridized carbons (Fsp3) is 0.176. The molecule has 5 nitrogen and oxygen atoms in total. The molecule has 0 saturated carbocycles. The van der Waals surface area contributed by atoms with Crippen LogP contribution in [0.3, 0.4) is 0 Å². The third-order valence-electron chi connectivity index (χ3n) is 2.99. The highest BCUT2D eigenvalue weighted by Gasteiger charge is 2.09. The third kappa shape index (κ3) is 5.66. The van der Waals surface area contributed by atoms with Crippen LogP contribution in [0.5, 0.6) is 5.75 Å². The molecule has 0 aliphatic heterocycles. The molecular weight excluding hydrogens is 381 g/mol. The maximum Gasteiger partial charge on any atom is 0.344 e. The van der Waals surface area contributed by atoms with Crippen molar-refractivity contribution < 1.29 is 23.5 Å².